The molecule has 0 spiro atoms. The Hall–Kier alpha value is -1.01. The lowest BCUT2D eigenvalue weighted by Gasteiger charge is -2.26. The van der Waals surface area contributed by atoms with Crippen molar-refractivity contribution in [2.75, 3.05) is 6.61 Å². The number of aryl methyl sites for hydroxylation is 1. The minimum Gasteiger partial charge on any atom is -0.369 e. The molecule has 1 aliphatic heterocycles. The van der Waals surface area contributed by atoms with Crippen molar-refractivity contribution in [2.45, 2.75) is 31.1 Å². The highest BCUT2D eigenvalue weighted by molar-refractivity contribution is 7.73. The molecule has 0 unspecified atom stereocenters. The normalized spacial score (nSPS) is 25.9. The van der Waals surface area contributed by atoms with E-state index in [9.17, 15) is 8.42 Å². The second-order valence-corrected chi connectivity index (χ2v) is 5.14. The lowest BCUT2D eigenvalue weighted by Crippen LogP contribution is -2.29. The Balaban J connectivity index is 2.26. The fourth-order valence-corrected chi connectivity index (χ4v) is 2.61. The number of rotatable bonds is 2. The Bertz CT molecular complexity index is 422. The van der Waals surface area contributed by atoms with E-state index in [-0.39, 0.29) is 0 Å². The molecule has 2 atom stereocenters. The molecular weight excluding hydrogens is 228 g/mol. The van der Waals surface area contributed by atoms with E-state index in [0.29, 0.717) is 18.9 Å². The Labute approximate surface area is 95.8 Å². The summed E-state index contributed by atoms with van der Waals surface area (Å²) in [6.07, 6.45) is 4.25. The molecule has 0 saturated carbocycles. The van der Waals surface area contributed by atoms with E-state index in [2.05, 4.69) is 9.97 Å². The fraction of sp³-hybridized carbons (Fsp3) is 0.600. The number of thiol groups is 1. The SMILES string of the molecule is Cc1cnc([C@H]2OCCC[C@H]2[SH](=O)=O)nc1. The molecule has 5 nitrogen and oxygen atoms in total. The lowest BCUT2D eigenvalue weighted by atomic mass is 10.1. The maximum atomic E-state index is 11.1. The Morgan fingerprint density at radius 2 is 2.06 bits per heavy atom. The molecule has 88 valence electrons. The minimum absolute atomic E-state index is 0.467. The van der Waals surface area contributed by atoms with Crippen LogP contribution in [0.5, 0.6) is 0 Å². The first-order chi connectivity index (χ1) is 7.68. The number of hydrogen-bond donors (Lipinski definition) is 1. The van der Waals surface area contributed by atoms with Gasteiger partial charge in [0.2, 0.25) is 0 Å². The molecule has 1 saturated heterocycles. The summed E-state index contributed by atoms with van der Waals surface area (Å²) in [5.74, 6) is 0.467. The molecule has 1 aromatic rings. The summed E-state index contributed by atoms with van der Waals surface area (Å²) < 4.78 is 27.7. The molecule has 16 heavy (non-hydrogen) atoms. The van der Waals surface area contributed by atoms with Crippen molar-refractivity contribution >= 4 is 10.7 Å². The first-order valence-electron chi connectivity index (χ1n) is 5.22. The van der Waals surface area contributed by atoms with Gasteiger partial charge in [0.1, 0.15) is 16.8 Å². The van der Waals surface area contributed by atoms with Gasteiger partial charge in [-0.3, -0.25) is 0 Å². The summed E-state index contributed by atoms with van der Waals surface area (Å²) in [5.41, 5.74) is 0.947. The predicted molar refractivity (Wildman–Crippen MR) is 58.8 cm³/mol. The molecule has 2 heterocycles. The van der Waals surface area contributed by atoms with Crippen LogP contribution in [0.25, 0.3) is 0 Å². The first-order valence-corrected chi connectivity index (χ1v) is 6.47. The summed E-state index contributed by atoms with van der Waals surface area (Å²) in [7, 11) is -2.49. The van der Waals surface area contributed by atoms with E-state index in [4.69, 9.17) is 4.74 Å². The molecule has 0 N–H and O–H groups in total. The van der Waals surface area contributed by atoms with Crippen molar-refractivity contribution in [2.24, 2.45) is 0 Å². The van der Waals surface area contributed by atoms with Gasteiger partial charge in [-0.1, -0.05) is 0 Å². The maximum Gasteiger partial charge on any atom is 0.158 e. The average molecular weight is 242 g/mol. The van der Waals surface area contributed by atoms with Gasteiger partial charge < -0.3 is 4.74 Å². The van der Waals surface area contributed by atoms with Crippen molar-refractivity contribution in [1.29, 1.82) is 0 Å². The molecular formula is C10H14N2O3S. The van der Waals surface area contributed by atoms with Gasteiger partial charge in [0, 0.05) is 19.0 Å². The molecule has 6 heteroatoms. The molecule has 0 radical (unpaired) electrons. The van der Waals surface area contributed by atoms with E-state index >= 15 is 0 Å². The summed E-state index contributed by atoms with van der Waals surface area (Å²) in [6.45, 7) is 2.46. The summed E-state index contributed by atoms with van der Waals surface area (Å²) in [4.78, 5) is 8.26. The third-order valence-corrected chi connectivity index (χ3v) is 3.69. The van der Waals surface area contributed by atoms with Crippen LogP contribution in [0, 0.1) is 6.92 Å². The summed E-state index contributed by atoms with van der Waals surface area (Å²) in [6, 6.07) is 0. The summed E-state index contributed by atoms with van der Waals surface area (Å²) >= 11 is 0. The van der Waals surface area contributed by atoms with Crippen molar-refractivity contribution in [3.05, 3.63) is 23.8 Å². The average Bonchev–Trinajstić information content (AvgIpc) is 2.30. The monoisotopic (exact) mass is 242 g/mol. The Morgan fingerprint density at radius 3 is 2.69 bits per heavy atom. The van der Waals surface area contributed by atoms with Gasteiger partial charge in [-0.15, -0.1) is 0 Å². The van der Waals surface area contributed by atoms with Gasteiger partial charge in [0.05, 0.1) is 5.25 Å². The van der Waals surface area contributed by atoms with Crippen molar-refractivity contribution in [1.82, 2.24) is 9.97 Å². The van der Waals surface area contributed by atoms with E-state index in [1.165, 1.54) is 0 Å². The van der Waals surface area contributed by atoms with Crippen molar-refractivity contribution < 1.29 is 13.2 Å². The van der Waals surface area contributed by atoms with Crippen LogP contribution in [0.3, 0.4) is 0 Å². The van der Waals surface area contributed by atoms with Crippen LogP contribution >= 0.6 is 0 Å². The van der Waals surface area contributed by atoms with Crippen LogP contribution in [0.1, 0.15) is 30.3 Å². The van der Waals surface area contributed by atoms with Gasteiger partial charge in [-0.05, 0) is 25.3 Å². The first kappa shape index (κ1) is 11.5. The lowest BCUT2D eigenvalue weighted by molar-refractivity contribution is 0.0132. The van der Waals surface area contributed by atoms with Gasteiger partial charge in [0.25, 0.3) is 0 Å². The van der Waals surface area contributed by atoms with Crippen LogP contribution in [-0.4, -0.2) is 30.2 Å². The maximum absolute atomic E-state index is 11.1. The second kappa shape index (κ2) is 4.88. The van der Waals surface area contributed by atoms with Crippen LogP contribution in [-0.2, 0) is 15.4 Å². The van der Waals surface area contributed by atoms with Gasteiger partial charge >= 0.3 is 0 Å². The van der Waals surface area contributed by atoms with Crippen LogP contribution in [0.4, 0.5) is 0 Å². The number of ether oxygens (including phenoxy) is 1. The molecule has 0 amide bonds. The van der Waals surface area contributed by atoms with Crippen molar-refractivity contribution in [3.8, 4) is 0 Å². The molecule has 0 bridgehead atoms. The number of hydrogen-bond acceptors (Lipinski definition) is 5. The molecule has 1 aromatic heterocycles. The van der Waals surface area contributed by atoms with Gasteiger partial charge in [-0.2, -0.15) is 0 Å². The highest BCUT2D eigenvalue weighted by Gasteiger charge is 2.31. The predicted octanol–water partition coefficient (Wildman–Crippen LogP) is 0.617. The molecule has 0 aliphatic carbocycles. The number of aromatic nitrogens is 2. The largest absolute Gasteiger partial charge is 0.369 e. The Morgan fingerprint density at radius 1 is 1.38 bits per heavy atom. The van der Waals surface area contributed by atoms with Crippen molar-refractivity contribution in [3.63, 3.8) is 0 Å². The third kappa shape index (κ3) is 2.38. The number of nitrogens with zero attached hydrogens (tertiary/aromatic N) is 2. The second-order valence-electron chi connectivity index (χ2n) is 3.90. The van der Waals surface area contributed by atoms with E-state index in [1.54, 1.807) is 12.4 Å². The standard InChI is InChI=1S/C10H14N2O3S/c1-7-5-11-10(12-6-7)9-8(16(13)14)3-2-4-15-9/h5-6,8-9,16H,2-4H2,1H3/t8-,9+/m1/s1. The van der Waals surface area contributed by atoms with E-state index < -0.39 is 22.1 Å². The fourth-order valence-electron chi connectivity index (χ4n) is 1.78. The highest BCUT2D eigenvalue weighted by atomic mass is 32.2. The van der Waals surface area contributed by atoms with Crippen LogP contribution in [0.2, 0.25) is 0 Å². The molecule has 0 aromatic carbocycles. The summed E-state index contributed by atoms with van der Waals surface area (Å²) in [5, 5.41) is -0.494. The smallest absolute Gasteiger partial charge is 0.158 e. The molecule has 1 fully saturated rings. The van der Waals surface area contributed by atoms with Crippen LogP contribution in [0.15, 0.2) is 12.4 Å². The van der Waals surface area contributed by atoms with Crippen LogP contribution < -0.4 is 0 Å². The van der Waals surface area contributed by atoms with Gasteiger partial charge in [0.15, 0.2) is 5.82 Å². The topological polar surface area (TPSA) is 69.2 Å². The third-order valence-electron chi connectivity index (χ3n) is 2.62. The Kier molecular flexibility index (Phi) is 3.50. The zero-order valence-electron chi connectivity index (χ0n) is 9.00. The van der Waals surface area contributed by atoms with E-state index in [1.807, 2.05) is 6.92 Å². The van der Waals surface area contributed by atoms with E-state index in [0.717, 1.165) is 12.0 Å². The molecule has 1 aliphatic rings. The zero-order valence-corrected chi connectivity index (χ0v) is 9.89. The zero-order chi connectivity index (χ0) is 11.5. The quantitative estimate of drug-likeness (QED) is 0.770. The highest BCUT2D eigenvalue weighted by Crippen LogP contribution is 2.27. The minimum atomic E-state index is -2.49. The molecule has 2 rings (SSSR count). The van der Waals surface area contributed by atoms with Gasteiger partial charge in [-0.25, -0.2) is 18.4 Å².